The molecule has 0 aliphatic rings. The van der Waals surface area contributed by atoms with Gasteiger partial charge in [0.15, 0.2) is 4.73 Å². The number of benzene rings is 1. The molecule has 0 aliphatic heterocycles. The van der Waals surface area contributed by atoms with Crippen LogP contribution in [0.25, 0.3) is 11.3 Å². The second kappa shape index (κ2) is 4.39. The molecule has 3 N–H and O–H groups in total. The number of H-pyrrole nitrogens is 1. The number of hydrogen-bond donors (Lipinski definition) is 2. The Kier molecular flexibility index (Phi) is 3.12. The van der Waals surface area contributed by atoms with Crippen LogP contribution in [0.1, 0.15) is 16.8 Å². The first kappa shape index (κ1) is 11.4. The lowest BCUT2D eigenvalue weighted by Crippen LogP contribution is -1.99. The highest BCUT2D eigenvalue weighted by atomic mass is 79.9. The Morgan fingerprint density at radius 1 is 1.38 bits per heavy atom. The zero-order chi connectivity index (χ0) is 11.7. The molecular weight excluding hydrogens is 266 g/mol. The molecule has 0 atom stereocenters. The zero-order valence-electron chi connectivity index (χ0n) is 9.34. The summed E-state index contributed by atoms with van der Waals surface area (Å²) in [6.45, 7) is 4.62. The van der Waals surface area contributed by atoms with E-state index in [9.17, 15) is 0 Å². The molecule has 0 radical (unpaired) electrons. The standard InChI is InChI=1S/C12H14BrN3/c1-7-3-4-8(2)9(5-7)11-10(6-14)15-12(13)16-11/h3-5H,6,14H2,1-2H3,(H,15,16). The van der Waals surface area contributed by atoms with Crippen LogP contribution in [0.5, 0.6) is 0 Å². The van der Waals surface area contributed by atoms with Gasteiger partial charge in [0, 0.05) is 12.1 Å². The third-order valence-corrected chi connectivity index (χ3v) is 2.98. The molecule has 0 saturated heterocycles. The summed E-state index contributed by atoms with van der Waals surface area (Å²) in [5.74, 6) is 0. The van der Waals surface area contributed by atoms with Crippen LogP contribution in [0.15, 0.2) is 22.9 Å². The summed E-state index contributed by atoms with van der Waals surface area (Å²) in [6, 6.07) is 6.34. The van der Waals surface area contributed by atoms with Crippen molar-refractivity contribution in [2.75, 3.05) is 0 Å². The molecule has 1 aromatic heterocycles. The van der Waals surface area contributed by atoms with E-state index in [2.05, 4.69) is 57.9 Å². The quantitative estimate of drug-likeness (QED) is 0.888. The summed E-state index contributed by atoms with van der Waals surface area (Å²) >= 11 is 3.34. The number of nitrogens with one attached hydrogen (secondary N) is 1. The highest BCUT2D eigenvalue weighted by molar-refractivity contribution is 9.10. The minimum atomic E-state index is 0.460. The highest BCUT2D eigenvalue weighted by Crippen LogP contribution is 2.27. The Balaban J connectivity index is 2.61. The van der Waals surface area contributed by atoms with E-state index in [1.54, 1.807) is 0 Å². The lowest BCUT2D eigenvalue weighted by Gasteiger charge is -2.06. The van der Waals surface area contributed by atoms with Gasteiger partial charge in [-0.3, -0.25) is 0 Å². The Labute approximate surface area is 103 Å². The number of rotatable bonds is 2. The maximum atomic E-state index is 5.70. The lowest BCUT2D eigenvalue weighted by atomic mass is 10.0. The van der Waals surface area contributed by atoms with Gasteiger partial charge >= 0.3 is 0 Å². The van der Waals surface area contributed by atoms with E-state index in [-0.39, 0.29) is 0 Å². The molecule has 16 heavy (non-hydrogen) atoms. The number of imidazole rings is 1. The molecule has 0 unspecified atom stereocenters. The maximum absolute atomic E-state index is 5.70. The number of halogens is 1. The van der Waals surface area contributed by atoms with Gasteiger partial charge in [0.1, 0.15) is 0 Å². The average Bonchev–Trinajstić information content (AvgIpc) is 2.63. The van der Waals surface area contributed by atoms with Crippen LogP contribution < -0.4 is 5.73 Å². The van der Waals surface area contributed by atoms with Gasteiger partial charge in [0.2, 0.25) is 0 Å². The number of nitrogens with zero attached hydrogens (tertiary/aromatic N) is 1. The van der Waals surface area contributed by atoms with Crippen molar-refractivity contribution in [2.24, 2.45) is 5.73 Å². The summed E-state index contributed by atoms with van der Waals surface area (Å²) in [5, 5.41) is 0. The summed E-state index contributed by atoms with van der Waals surface area (Å²) in [5.41, 5.74) is 11.2. The normalized spacial score (nSPS) is 10.8. The van der Waals surface area contributed by atoms with Crippen LogP contribution in [0.4, 0.5) is 0 Å². The largest absolute Gasteiger partial charge is 0.335 e. The Hall–Kier alpha value is -1.13. The molecule has 0 amide bonds. The van der Waals surface area contributed by atoms with Crippen LogP contribution >= 0.6 is 15.9 Å². The summed E-state index contributed by atoms with van der Waals surface area (Å²) in [7, 11) is 0. The molecule has 2 rings (SSSR count). The van der Waals surface area contributed by atoms with E-state index < -0.39 is 0 Å². The van der Waals surface area contributed by atoms with Gasteiger partial charge in [-0.1, -0.05) is 17.7 Å². The molecule has 0 aliphatic carbocycles. The molecule has 2 aromatic rings. The zero-order valence-corrected chi connectivity index (χ0v) is 10.9. The first-order valence-electron chi connectivity index (χ1n) is 5.14. The minimum Gasteiger partial charge on any atom is -0.335 e. The predicted octanol–water partition coefficient (Wildman–Crippen LogP) is 2.91. The molecular formula is C12H14BrN3. The maximum Gasteiger partial charge on any atom is 0.175 e. The molecule has 3 nitrogen and oxygen atoms in total. The van der Waals surface area contributed by atoms with Crippen molar-refractivity contribution in [1.29, 1.82) is 0 Å². The smallest absolute Gasteiger partial charge is 0.175 e. The van der Waals surface area contributed by atoms with Crippen molar-refractivity contribution in [3.05, 3.63) is 39.8 Å². The molecule has 1 heterocycles. The third-order valence-electron chi connectivity index (χ3n) is 2.60. The van der Waals surface area contributed by atoms with Crippen LogP contribution in [-0.4, -0.2) is 9.97 Å². The molecule has 0 saturated carbocycles. The van der Waals surface area contributed by atoms with Gasteiger partial charge in [0.25, 0.3) is 0 Å². The Morgan fingerprint density at radius 2 is 2.12 bits per heavy atom. The number of hydrogen-bond acceptors (Lipinski definition) is 2. The van der Waals surface area contributed by atoms with E-state index >= 15 is 0 Å². The van der Waals surface area contributed by atoms with E-state index in [0.29, 0.717) is 6.54 Å². The fraction of sp³-hybridized carbons (Fsp3) is 0.250. The number of aromatic amines is 1. The van der Waals surface area contributed by atoms with Crippen LogP contribution in [-0.2, 0) is 6.54 Å². The first-order valence-corrected chi connectivity index (χ1v) is 5.93. The molecule has 0 bridgehead atoms. The van der Waals surface area contributed by atoms with Crippen LogP contribution in [0.3, 0.4) is 0 Å². The van der Waals surface area contributed by atoms with Crippen LogP contribution in [0, 0.1) is 13.8 Å². The fourth-order valence-corrected chi connectivity index (χ4v) is 2.16. The van der Waals surface area contributed by atoms with Gasteiger partial charge in [-0.25, -0.2) is 4.98 Å². The Bertz CT molecular complexity index is 517. The van der Waals surface area contributed by atoms with E-state index in [0.717, 1.165) is 21.7 Å². The fourth-order valence-electron chi connectivity index (χ4n) is 1.74. The highest BCUT2D eigenvalue weighted by Gasteiger charge is 2.11. The van der Waals surface area contributed by atoms with Gasteiger partial charge in [0.05, 0.1) is 11.4 Å². The third kappa shape index (κ3) is 2.03. The molecule has 0 fully saturated rings. The predicted molar refractivity (Wildman–Crippen MR) is 69.1 cm³/mol. The van der Waals surface area contributed by atoms with Gasteiger partial charge in [-0.15, -0.1) is 0 Å². The van der Waals surface area contributed by atoms with E-state index in [1.165, 1.54) is 11.1 Å². The minimum absolute atomic E-state index is 0.460. The topological polar surface area (TPSA) is 54.7 Å². The van der Waals surface area contributed by atoms with Crippen LogP contribution in [0.2, 0.25) is 0 Å². The summed E-state index contributed by atoms with van der Waals surface area (Å²) < 4.78 is 0.726. The van der Waals surface area contributed by atoms with E-state index in [1.807, 2.05) is 0 Å². The molecule has 4 heteroatoms. The molecule has 0 spiro atoms. The number of aromatic nitrogens is 2. The summed E-state index contributed by atoms with van der Waals surface area (Å²) in [6.07, 6.45) is 0. The Morgan fingerprint density at radius 3 is 2.81 bits per heavy atom. The van der Waals surface area contributed by atoms with Crippen molar-refractivity contribution in [3.63, 3.8) is 0 Å². The average molecular weight is 280 g/mol. The van der Waals surface area contributed by atoms with Crippen molar-refractivity contribution in [3.8, 4) is 11.3 Å². The van der Waals surface area contributed by atoms with Crippen molar-refractivity contribution < 1.29 is 0 Å². The van der Waals surface area contributed by atoms with E-state index in [4.69, 9.17) is 5.73 Å². The monoisotopic (exact) mass is 279 g/mol. The second-order valence-electron chi connectivity index (χ2n) is 3.88. The molecule has 1 aromatic carbocycles. The first-order chi connectivity index (χ1) is 7.61. The van der Waals surface area contributed by atoms with Crippen molar-refractivity contribution in [2.45, 2.75) is 20.4 Å². The summed E-state index contributed by atoms with van der Waals surface area (Å²) in [4.78, 5) is 7.55. The van der Waals surface area contributed by atoms with Gasteiger partial charge in [-0.05, 0) is 41.4 Å². The second-order valence-corrected chi connectivity index (χ2v) is 4.63. The number of aryl methyl sites for hydroxylation is 2. The molecule has 84 valence electrons. The van der Waals surface area contributed by atoms with Crippen molar-refractivity contribution >= 4 is 15.9 Å². The SMILES string of the molecule is Cc1ccc(C)c(-c2nc(Br)[nH]c2CN)c1. The lowest BCUT2D eigenvalue weighted by molar-refractivity contribution is 1.01. The van der Waals surface area contributed by atoms with Gasteiger partial charge < -0.3 is 10.7 Å². The van der Waals surface area contributed by atoms with Crippen molar-refractivity contribution in [1.82, 2.24) is 9.97 Å². The number of nitrogens with two attached hydrogens (primary N) is 1. The van der Waals surface area contributed by atoms with Gasteiger partial charge in [-0.2, -0.15) is 0 Å².